The number of aromatic nitrogens is 2. The molecule has 0 saturated heterocycles. The second kappa shape index (κ2) is 11.8. The van der Waals surface area contributed by atoms with Gasteiger partial charge in [-0.15, -0.1) is 59.7 Å². The van der Waals surface area contributed by atoms with E-state index >= 15 is 0 Å². The average Bonchev–Trinajstić information content (AvgIpc) is 3.28. The van der Waals surface area contributed by atoms with Crippen LogP contribution in [0.15, 0.2) is 91.3 Å². The van der Waals surface area contributed by atoms with E-state index in [2.05, 4.69) is 91.1 Å². The van der Waals surface area contributed by atoms with Crippen molar-refractivity contribution >= 4 is 44.8 Å². The molecule has 0 aliphatic carbocycles. The van der Waals surface area contributed by atoms with Gasteiger partial charge in [0.2, 0.25) is 0 Å². The van der Waals surface area contributed by atoms with Crippen molar-refractivity contribution in [2.24, 2.45) is 0 Å². The van der Waals surface area contributed by atoms with Crippen molar-refractivity contribution in [1.29, 1.82) is 0 Å². The van der Waals surface area contributed by atoms with Gasteiger partial charge in [0, 0.05) is 37.2 Å². The molecule has 0 saturated carbocycles. The number of benzene rings is 3. The topological polar surface area (TPSA) is 25.8 Å². The monoisotopic (exact) mass is 707 g/mol. The van der Waals surface area contributed by atoms with Crippen molar-refractivity contribution in [1.82, 2.24) is 9.97 Å². The number of hydrogen-bond acceptors (Lipinski definition) is 3. The molecule has 0 fully saturated rings. The van der Waals surface area contributed by atoms with Crippen LogP contribution in [0.4, 0.5) is 0 Å². The third-order valence-corrected chi connectivity index (χ3v) is 9.55. The van der Waals surface area contributed by atoms with Crippen molar-refractivity contribution < 1.29 is 20.1 Å². The summed E-state index contributed by atoms with van der Waals surface area (Å²) >= 11 is 1.87. The van der Waals surface area contributed by atoms with E-state index in [4.69, 9.17) is 0 Å². The smallest absolute Gasteiger partial charge is 0.0783 e. The van der Waals surface area contributed by atoms with Gasteiger partial charge in [0.15, 0.2) is 0 Å². The molecule has 0 atom stereocenters. The Bertz CT molecular complexity index is 1670. The van der Waals surface area contributed by atoms with Crippen molar-refractivity contribution in [2.45, 2.75) is 33.5 Å². The van der Waals surface area contributed by atoms with Crippen LogP contribution in [0.2, 0.25) is 19.6 Å². The van der Waals surface area contributed by atoms with Gasteiger partial charge in [0.05, 0.1) is 8.07 Å². The maximum atomic E-state index is 4.59. The summed E-state index contributed by atoms with van der Waals surface area (Å²) in [5.41, 5.74) is 6.57. The average molecular weight is 707 g/mol. The van der Waals surface area contributed by atoms with E-state index in [1.165, 1.54) is 31.3 Å². The number of pyridine rings is 2. The number of fused-ring (bicyclic) bond motifs is 3. The summed E-state index contributed by atoms with van der Waals surface area (Å²) in [6.07, 6.45) is 3.76. The Morgan fingerprint density at radius 3 is 2.29 bits per heavy atom. The number of aryl methyl sites for hydroxylation is 2. The molecule has 3 heterocycles. The molecule has 3 aromatic heterocycles. The van der Waals surface area contributed by atoms with Crippen LogP contribution < -0.4 is 5.19 Å². The summed E-state index contributed by atoms with van der Waals surface area (Å²) < 4.78 is 2.68. The van der Waals surface area contributed by atoms with Crippen molar-refractivity contribution in [3.8, 4) is 22.5 Å². The Morgan fingerprint density at radius 1 is 0.763 bits per heavy atom. The number of nitrogens with zero attached hydrogens (tertiary/aromatic N) is 2. The predicted molar refractivity (Wildman–Crippen MR) is 162 cm³/mol. The molecule has 2 nitrogen and oxygen atoms in total. The van der Waals surface area contributed by atoms with Gasteiger partial charge in [-0.25, -0.2) is 0 Å². The van der Waals surface area contributed by atoms with Gasteiger partial charge in [-0.3, -0.25) is 0 Å². The molecule has 0 spiro atoms. The van der Waals surface area contributed by atoms with Crippen LogP contribution in [-0.4, -0.2) is 18.0 Å². The van der Waals surface area contributed by atoms with Crippen LogP contribution in [0, 0.1) is 26.0 Å². The molecule has 5 heteroatoms. The first-order chi connectivity index (χ1) is 17.8. The van der Waals surface area contributed by atoms with E-state index in [-0.39, 0.29) is 20.1 Å². The van der Waals surface area contributed by atoms with Gasteiger partial charge >= 0.3 is 0 Å². The molecule has 1 radical (unpaired) electrons. The van der Waals surface area contributed by atoms with E-state index in [9.17, 15) is 0 Å². The summed E-state index contributed by atoms with van der Waals surface area (Å²) in [6.45, 7) is 11.4. The minimum Gasteiger partial charge on any atom is -0.305 e. The third-order valence-electron chi connectivity index (χ3n) is 6.33. The van der Waals surface area contributed by atoms with Crippen molar-refractivity contribution in [3.63, 3.8) is 0 Å². The normalized spacial score (nSPS) is 11.1. The first-order valence-electron chi connectivity index (χ1n) is 12.5. The van der Waals surface area contributed by atoms with Crippen LogP contribution >= 0.6 is 11.3 Å². The Hall–Kier alpha value is -2.95. The number of thiophene rings is 1. The zero-order valence-electron chi connectivity index (χ0n) is 22.3. The Labute approximate surface area is 244 Å². The third kappa shape index (κ3) is 6.03. The Morgan fingerprint density at radius 2 is 1.61 bits per heavy atom. The summed E-state index contributed by atoms with van der Waals surface area (Å²) in [6, 6.07) is 33.7. The molecule has 0 unspecified atom stereocenters. The van der Waals surface area contributed by atoms with Gasteiger partial charge < -0.3 is 9.97 Å². The Kier molecular flexibility index (Phi) is 8.74. The second-order valence-electron chi connectivity index (χ2n) is 10.3. The molecule has 0 amide bonds. The molecular formula is C33H30IrN2SSi-2. The van der Waals surface area contributed by atoms with Gasteiger partial charge in [0.1, 0.15) is 0 Å². The van der Waals surface area contributed by atoms with Crippen LogP contribution in [-0.2, 0) is 20.1 Å². The maximum absolute atomic E-state index is 4.59. The van der Waals surface area contributed by atoms with Crippen molar-refractivity contribution in [3.05, 3.63) is 115 Å². The van der Waals surface area contributed by atoms with E-state index in [0.717, 1.165) is 22.5 Å². The van der Waals surface area contributed by atoms with Gasteiger partial charge in [-0.1, -0.05) is 66.1 Å². The minimum atomic E-state index is -1.40. The fourth-order valence-corrected chi connectivity index (χ4v) is 7.40. The molecular weight excluding hydrogens is 677 g/mol. The zero-order chi connectivity index (χ0) is 26.0. The fourth-order valence-electron chi connectivity index (χ4n) is 4.46. The molecule has 193 valence electrons. The molecule has 6 rings (SSSR count). The largest absolute Gasteiger partial charge is 0.305 e. The van der Waals surface area contributed by atoms with E-state index < -0.39 is 8.07 Å². The van der Waals surface area contributed by atoms with E-state index in [0.29, 0.717) is 0 Å². The van der Waals surface area contributed by atoms with Gasteiger partial charge in [-0.05, 0) is 53.0 Å². The minimum absolute atomic E-state index is 0. The molecule has 0 aliphatic heterocycles. The second-order valence-corrected chi connectivity index (χ2v) is 16.4. The van der Waals surface area contributed by atoms with Crippen molar-refractivity contribution in [2.75, 3.05) is 0 Å². The molecule has 3 aromatic carbocycles. The van der Waals surface area contributed by atoms with Crippen LogP contribution in [0.1, 0.15) is 11.1 Å². The maximum Gasteiger partial charge on any atom is 0.0783 e. The van der Waals surface area contributed by atoms with Gasteiger partial charge in [0.25, 0.3) is 0 Å². The van der Waals surface area contributed by atoms with E-state index in [1.54, 1.807) is 5.19 Å². The first kappa shape index (κ1) is 28.1. The first-order valence-corrected chi connectivity index (χ1v) is 16.8. The summed E-state index contributed by atoms with van der Waals surface area (Å²) in [5, 5.41) is 4.34. The molecule has 0 N–H and O–H groups in total. The summed E-state index contributed by atoms with van der Waals surface area (Å²) in [5.74, 6) is 0. The Balaban J connectivity index is 0.000000204. The molecule has 0 bridgehead atoms. The predicted octanol–water partition coefficient (Wildman–Crippen LogP) is 8.63. The zero-order valence-corrected chi connectivity index (χ0v) is 26.5. The molecule has 38 heavy (non-hydrogen) atoms. The summed E-state index contributed by atoms with van der Waals surface area (Å²) in [7, 11) is -1.40. The van der Waals surface area contributed by atoms with Crippen LogP contribution in [0.25, 0.3) is 42.7 Å². The number of hydrogen-bond donors (Lipinski definition) is 0. The van der Waals surface area contributed by atoms with Crippen LogP contribution in [0.3, 0.4) is 0 Å². The standard InChI is InChI=1S/C21H20NSSi.C12H10N.Ir/c1-14-11-12-22-17(13-14)15-7-5-8-16-20-18(23-21(15)16)9-6-10-19(20)24(2,3)4;1-10-7-8-12(13-9-10)11-5-3-2-4-6-11;/h5-6,8-13H,1-4H3;2-5,7-9H,1H3;/q2*-1;. The number of rotatable bonds is 3. The molecule has 0 aliphatic rings. The summed E-state index contributed by atoms with van der Waals surface area (Å²) in [4.78, 5) is 8.90. The SMILES string of the molecule is Cc1ccc(-c2[c-]cccc2)nc1.Cc1ccnc(-c2[c-]ccc3c2sc2cccc([Si](C)(C)C)c23)c1.[Ir]. The van der Waals surface area contributed by atoms with E-state index in [1.807, 2.05) is 67.1 Å². The van der Waals surface area contributed by atoms with Gasteiger partial charge in [-0.2, -0.15) is 11.3 Å². The molecule has 6 aromatic rings. The van der Waals surface area contributed by atoms with Crippen LogP contribution in [0.5, 0.6) is 0 Å². The fraction of sp³-hybridized carbons (Fsp3) is 0.152. The quantitative estimate of drug-likeness (QED) is 0.136.